The summed E-state index contributed by atoms with van der Waals surface area (Å²) in [4.78, 5) is 17.2. The maximum Gasteiger partial charge on any atom is 0.252 e. The molecule has 0 aliphatic heterocycles. The molecule has 0 fully saturated rings. The van der Waals surface area contributed by atoms with Gasteiger partial charge in [-0.1, -0.05) is 48.9 Å². The molecule has 0 bridgehead atoms. The van der Waals surface area contributed by atoms with Gasteiger partial charge in [0.25, 0.3) is 5.91 Å². The van der Waals surface area contributed by atoms with Crippen LogP contribution in [-0.4, -0.2) is 17.4 Å². The highest BCUT2D eigenvalue weighted by atomic mass is 16.1. The number of pyridine rings is 1. The molecule has 3 rings (SSSR count). The lowest BCUT2D eigenvalue weighted by Gasteiger charge is -2.14. The van der Waals surface area contributed by atoms with Crippen molar-refractivity contribution in [1.29, 1.82) is 0 Å². The summed E-state index contributed by atoms with van der Waals surface area (Å²) < 4.78 is 0. The summed E-state index contributed by atoms with van der Waals surface area (Å²) in [6.45, 7) is 6.67. The summed E-state index contributed by atoms with van der Waals surface area (Å²) in [7, 11) is 0. The van der Waals surface area contributed by atoms with Gasteiger partial charge in [0.15, 0.2) is 0 Å². The number of hydrogen-bond acceptors (Lipinski definition) is 2. The van der Waals surface area contributed by atoms with Crippen LogP contribution < -0.4 is 5.32 Å². The largest absolute Gasteiger partial charge is 0.351 e. The van der Waals surface area contributed by atoms with E-state index in [1.165, 1.54) is 5.56 Å². The molecule has 1 atom stereocenters. The maximum atomic E-state index is 12.7. The first-order valence-electron chi connectivity index (χ1n) is 8.26. The summed E-state index contributed by atoms with van der Waals surface area (Å²) in [5.41, 5.74) is 4.76. The molecule has 3 nitrogen and oxygen atoms in total. The molecule has 2 aromatic carbocycles. The van der Waals surface area contributed by atoms with Crippen molar-refractivity contribution in [3.63, 3.8) is 0 Å². The van der Waals surface area contributed by atoms with Gasteiger partial charge in [0.1, 0.15) is 0 Å². The number of aromatic nitrogens is 1. The van der Waals surface area contributed by atoms with Crippen molar-refractivity contribution in [2.45, 2.75) is 26.7 Å². The van der Waals surface area contributed by atoms with Crippen LogP contribution in [-0.2, 0) is 0 Å². The van der Waals surface area contributed by atoms with E-state index in [1.54, 1.807) is 0 Å². The molecule has 1 heterocycles. The average Bonchev–Trinajstić information content (AvgIpc) is 2.59. The summed E-state index contributed by atoms with van der Waals surface area (Å²) in [6, 6.07) is 18.1. The van der Waals surface area contributed by atoms with Crippen LogP contribution in [0.4, 0.5) is 0 Å². The first-order chi connectivity index (χ1) is 11.5. The summed E-state index contributed by atoms with van der Waals surface area (Å²) >= 11 is 0. The topological polar surface area (TPSA) is 42.0 Å². The normalized spacial score (nSPS) is 12.1. The van der Waals surface area contributed by atoms with Gasteiger partial charge in [0.2, 0.25) is 0 Å². The third-order valence-electron chi connectivity index (χ3n) is 4.27. The molecular formula is C21H22N2O. The number of nitrogens with one attached hydrogen (secondary N) is 1. The fourth-order valence-corrected chi connectivity index (χ4v) is 2.90. The van der Waals surface area contributed by atoms with Crippen molar-refractivity contribution < 1.29 is 4.79 Å². The summed E-state index contributed by atoms with van der Waals surface area (Å²) in [5.74, 6) is 0.227. The van der Waals surface area contributed by atoms with Gasteiger partial charge in [-0.3, -0.25) is 9.78 Å². The molecule has 3 aromatic rings. The minimum absolute atomic E-state index is 0.0427. The molecule has 0 aliphatic rings. The van der Waals surface area contributed by atoms with Crippen LogP contribution in [0.5, 0.6) is 0 Å². The fourth-order valence-electron chi connectivity index (χ4n) is 2.90. The average molecular weight is 318 g/mol. The molecular weight excluding hydrogens is 296 g/mol. The molecule has 0 saturated heterocycles. The van der Waals surface area contributed by atoms with Crippen molar-refractivity contribution in [3.8, 4) is 0 Å². The van der Waals surface area contributed by atoms with Gasteiger partial charge in [-0.15, -0.1) is 0 Å². The van der Waals surface area contributed by atoms with E-state index < -0.39 is 0 Å². The van der Waals surface area contributed by atoms with Gasteiger partial charge in [0, 0.05) is 17.6 Å². The molecule has 0 radical (unpaired) electrons. The van der Waals surface area contributed by atoms with E-state index in [2.05, 4.69) is 29.4 Å². The first kappa shape index (κ1) is 16.2. The number of nitrogens with zero attached hydrogens (tertiary/aromatic N) is 1. The van der Waals surface area contributed by atoms with Crippen molar-refractivity contribution in [1.82, 2.24) is 10.3 Å². The van der Waals surface area contributed by atoms with Gasteiger partial charge < -0.3 is 5.32 Å². The van der Waals surface area contributed by atoms with Crippen molar-refractivity contribution in [2.75, 3.05) is 6.54 Å². The van der Waals surface area contributed by atoms with E-state index in [0.29, 0.717) is 12.1 Å². The Hall–Kier alpha value is -2.68. The van der Waals surface area contributed by atoms with E-state index >= 15 is 0 Å². The highest BCUT2D eigenvalue weighted by Gasteiger charge is 2.13. The lowest BCUT2D eigenvalue weighted by atomic mass is 10.0. The lowest BCUT2D eigenvalue weighted by Crippen LogP contribution is -2.27. The van der Waals surface area contributed by atoms with Crippen LogP contribution >= 0.6 is 0 Å². The number of aryl methyl sites for hydroxylation is 2. The second kappa shape index (κ2) is 6.83. The van der Waals surface area contributed by atoms with Crippen LogP contribution in [0.3, 0.4) is 0 Å². The molecule has 1 amide bonds. The Kier molecular flexibility index (Phi) is 4.61. The van der Waals surface area contributed by atoms with Crippen LogP contribution in [0.2, 0.25) is 0 Å². The number of fused-ring (bicyclic) bond motifs is 1. The van der Waals surface area contributed by atoms with Crippen LogP contribution in [0.15, 0.2) is 54.6 Å². The standard InChI is InChI=1S/C21H22N2O/c1-14-9-10-20-18(11-14)19(12-16(3)23-20)21(24)22-13-15(2)17-7-5-4-6-8-17/h4-12,15H,13H2,1-3H3,(H,22,24)/t15-/m1/s1. The zero-order valence-corrected chi connectivity index (χ0v) is 14.3. The van der Waals surface area contributed by atoms with Crippen LogP contribution in [0, 0.1) is 13.8 Å². The molecule has 3 heteroatoms. The van der Waals surface area contributed by atoms with E-state index in [9.17, 15) is 4.79 Å². The summed E-state index contributed by atoms with van der Waals surface area (Å²) in [6.07, 6.45) is 0. The molecule has 0 aliphatic carbocycles. The second-order valence-corrected chi connectivity index (χ2v) is 6.35. The van der Waals surface area contributed by atoms with Gasteiger partial charge in [-0.2, -0.15) is 0 Å². The highest BCUT2D eigenvalue weighted by Crippen LogP contribution is 2.20. The zero-order chi connectivity index (χ0) is 17.1. The number of carbonyl (C=O) groups excluding carboxylic acids is 1. The Morgan fingerprint density at radius 3 is 2.58 bits per heavy atom. The molecule has 0 unspecified atom stereocenters. The van der Waals surface area contributed by atoms with Gasteiger partial charge in [-0.25, -0.2) is 0 Å². The predicted octanol–water partition coefficient (Wildman–Crippen LogP) is 4.39. The lowest BCUT2D eigenvalue weighted by molar-refractivity contribution is 0.0953. The van der Waals surface area contributed by atoms with Crippen LogP contribution in [0.1, 0.15) is 40.0 Å². The number of amides is 1. The SMILES string of the molecule is Cc1ccc2nc(C)cc(C(=O)NC[C@@H](C)c3ccccc3)c2c1. The number of benzene rings is 2. The van der Waals surface area contributed by atoms with Gasteiger partial charge in [0.05, 0.1) is 11.1 Å². The quantitative estimate of drug-likeness (QED) is 0.775. The van der Waals surface area contributed by atoms with E-state index in [4.69, 9.17) is 0 Å². The minimum atomic E-state index is -0.0427. The minimum Gasteiger partial charge on any atom is -0.351 e. The fraction of sp³-hybridized carbons (Fsp3) is 0.238. The van der Waals surface area contributed by atoms with Crippen molar-refractivity contribution in [3.05, 3.63) is 77.0 Å². The number of carbonyl (C=O) groups is 1. The van der Waals surface area contributed by atoms with E-state index in [1.807, 2.05) is 56.3 Å². The zero-order valence-electron chi connectivity index (χ0n) is 14.3. The van der Waals surface area contributed by atoms with Gasteiger partial charge in [-0.05, 0) is 43.5 Å². The number of hydrogen-bond donors (Lipinski definition) is 1. The Labute approximate surface area is 142 Å². The van der Waals surface area contributed by atoms with Crippen LogP contribution in [0.25, 0.3) is 10.9 Å². The molecule has 1 N–H and O–H groups in total. The Bertz CT molecular complexity index is 872. The molecule has 0 spiro atoms. The highest BCUT2D eigenvalue weighted by molar-refractivity contribution is 6.06. The van der Waals surface area contributed by atoms with Crippen molar-refractivity contribution in [2.24, 2.45) is 0 Å². The van der Waals surface area contributed by atoms with Gasteiger partial charge >= 0.3 is 0 Å². The summed E-state index contributed by atoms with van der Waals surface area (Å²) in [5, 5.41) is 3.98. The smallest absolute Gasteiger partial charge is 0.252 e. The third kappa shape index (κ3) is 3.46. The molecule has 122 valence electrons. The Morgan fingerprint density at radius 1 is 1.08 bits per heavy atom. The third-order valence-corrected chi connectivity index (χ3v) is 4.27. The maximum absolute atomic E-state index is 12.7. The van der Waals surface area contributed by atoms with E-state index in [-0.39, 0.29) is 11.8 Å². The Balaban J connectivity index is 1.82. The predicted molar refractivity (Wildman–Crippen MR) is 98.4 cm³/mol. The molecule has 0 saturated carbocycles. The second-order valence-electron chi connectivity index (χ2n) is 6.35. The monoisotopic (exact) mass is 318 g/mol. The van der Waals surface area contributed by atoms with Crippen molar-refractivity contribution >= 4 is 16.8 Å². The van der Waals surface area contributed by atoms with E-state index in [0.717, 1.165) is 22.2 Å². The number of rotatable bonds is 4. The Morgan fingerprint density at radius 2 is 1.83 bits per heavy atom. The molecule has 1 aromatic heterocycles. The molecule has 24 heavy (non-hydrogen) atoms. The first-order valence-corrected chi connectivity index (χ1v) is 8.26.